The fourth-order valence-electron chi connectivity index (χ4n) is 2.46. The van der Waals surface area contributed by atoms with E-state index in [1.165, 1.54) is 0 Å². The van der Waals surface area contributed by atoms with Gasteiger partial charge in [0.15, 0.2) is 0 Å². The number of hydrogen-bond donors (Lipinski definition) is 4. The lowest BCUT2D eigenvalue weighted by Crippen LogP contribution is -2.39. The summed E-state index contributed by atoms with van der Waals surface area (Å²) in [5.41, 5.74) is 2.53. The van der Waals surface area contributed by atoms with E-state index in [0.717, 1.165) is 22.2 Å². The van der Waals surface area contributed by atoms with Gasteiger partial charge in [-0.2, -0.15) is 0 Å². The van der Waals surface area contributed by atoms with Crippen LogP contribution in [0.5, 0.6) is 0 Å². The van der Waals surface area contributed by atoms with Gasteiger partial charge in [0, 0.05) is 48.9 Å². The predicted octanol–water partition coefficient (Wildman–Crippen LogP) is 1.53. The van der Waals surface area contributed by atoms with Crippen LogP contribution >= 0.6 is 0 Å². The average molecular weight is 361 g/mol. The van der Waals surface area contributed by atoms with Gasteiger partial charge in [-0.15, -0.1) is 0 Å². The van der Waals surface area contributed by atoms with E-state index in [1.54, 1.807) is 6.20 Å². The van der Waals surface area contributed by atoms with Crippen LogP contribution in [0.3, 0.4) is 0 Å². The van der Waals surface area contributed by atoms with E-state index in [2.05, 4.69) is 37.8 Å². The molecule has 0 saturated carbocycles. The fraction of sp³-hybridized carbons (Fsp3) is 0.150. The summed E-state index contributed by atoms with van der Waals surface area (Å²) in [6.45, 7) is 0.991. The Labute approximate surface area is 156 Å². The molecule has 0 aliphatic carbocycles. The number of benzene rings is 1. The van der Waals surface area contributed by atoms with Crippen LogP contribution in [0.15, 0.2) is 54.9 Å². The van der Waals surface area contributed by atoms with E-state index in [9.17, 15) is 9.59 Å². The first-order valence-electron chi connectivity index (χ1n) is 8.50. The van der Waals surface area contributed by atoms with Crippen LogP contribution in [0.25, 0.3) is 11.0 Å². The number of nitrogens with zero attached hydrogens (tertiary/aromatic N) is 1. The van der Waals surface area contributed by atoms with Gasteiger partial charge in [-0.3, -0.25) is 4.79 Å². The average Bonchev–Trinajstić information content (AvgIpc) is 3.18. The van der Waals surface area contributed by atoms with Crippen molar-refractivity contribution in [2.24, 2.45) is 0 Å². The Morgan fingerprint density at radius 1 is 1.00 bits per heavy atom. The second-order valence-electron chi connectivity index (χ2n) is 5.69. The van der Waals surface area contributed by atoms with Crippen LogP contribution in [-0.4, -0.2) is 35.0 Å². The van der Waals surface area contributed by atoms with Crippen molar-refractivity contribution >= 4 is 23.0 Å². The van der Waals surface area contributed by atoms with Gasteiger partial charge in [0.25, 0.3) is 5.91 Å². The lowest BCUT2D eigenvalue weighted by Gasteiger charge is -2.08. The summed E-state index contributed by atoms with van der Waals surface area (Å²) >= 11 is 0. The molecule has 0 fully saturated rings. The van der Waals surface area contributed by atoms with Crippen molar-refractivity contribution in [2.75, 3.05) is 13.1 Å². The Bertz CT molecular complexity index is 986. The molecule has 0 spiro atoms. The number of amides is 3. The zero-order chi connectivity index (χ0) is 18.9. The first kappa shape index (κ1) is 18.0. The summed E-state index contributed by atoms with van der Waals surface area (Å²) in [5.74, 6) is 4.90. The minimum atomic E-state index is -0.382. The van der Waals surface area contributed by atoms with Crippen molar-refractivity contribution in [3.05, 3.63) is 66.0 Å². The van der Waals surface area contributed by atoms with E-state index in [4.69, 9.17) is 0 Å². The molecule has 0 bridgehead atoms. The third-order valence-electron chi connectivity index (χ3n) is 3.78. The number of carbonyl (C=O) groups is 2. The van der Waals surface area contributed by atoms with Crippen LogP contribution in [0, 0.1) is 11.8 Å². The molecule has 0 radical (unpaired) electrons. The molecule has 0 aliphatic heterocycles. The molecule has 0 atom stereocenters. The lowest BCUT2D eigenvalue weighted by molar-refractivity contribution is -0.115. The number of carbonyl (C=O) groups excluding carboxylic acids is 2. The van der Waals surface area contributed by atoms with Crippen molar-refractivity contribution in [1.82, 2.24) is 25.9 Å². The zero-order valence-corrected chi connectivity index (χ0v) is 14.6. The first-order valence-corrected chi connectivity index (χ1v) is 8.50. The van der Waals surface area contributed by atoms with Gasteiger partial charge in [-0.05, 0) is 29.8 Å². The van der Waals surface area contributed by atoms with Gasteiger partial charge >= 0.3 is 6.03 Å². The Morgan fingerprint density at radius 3 is 2.67 bits per heavy atom. The largest absolute Gasteiger partial charge is 0.346 e. The fourth-order valence-corrected chi connectivity index (χ4v) is 2.46. The van der Waals surface area contributed by atoms with Gasteiger partial charge in [-0.25, -0.2) is 9.78 Å². The lowest BCUT2D eigenvalue weighted by atomic mass is 10.2. The second kappa shape index (κ2) is 9.06. The van der Waals surface area contributed by atoms with Crippen LogP contribution in [0.4, 0.5) is 4.79 Å². The molecule has 1 aromatic carbocycles. The molecule has 0 aliphatic rings. The maximum absolute atomic E-state index is 11.9. The highest BCUT2D eigenvalue weighted by Gasteiger charge is 2.05. The summed E-state index contributed by atoms with van der Waals surface area (Å²) in [7, 11) is 0. The molecule has 2 aromatic heterocycles. The molecule has 27 heavy (non-hydrogen) atoms. The molecular formula is C20H19N5O2. The highest BCUT2D eigenvalue weighted by atomic mass is 16.2. The number of aromatic amines is 1. The molecule has 7 nitrogen and oxygen atoms in total. The SMILES string of the molecule is O=C(C#Cc1ccccc1)NCCNC(=O)NCc1ccnc2[nH]ccc12. The maximum atomic E-state index is 11.9. The van der Waals surface area contributed by atoms with Crippen molar-refractivity contribution in [3.8, 4) is 11.8 Å². The number of nitrogens with one attached hydrogen (secondary N) is 4. The second-order valence-corrected chi connectivity index (χ2v) is 5.69. The van der Waals surface area contributed by atoms with Crippen LogP contribution < -0.4 is 16.0 Å². The van der Waals surface area contributed by atoms with E-state index in [1.807, 2.05) is 48.7 Å². The minimum absolute atomic E-state index is 0.299. The summed E-state index contributed by atoms with van der Waals surface area (Å²) in [6.07, 6.45) is 3.50. The highest BCUT2D eigenvalue weighted by molar-refractivity contribution is 5.94. The molecular weight excluding hydrogens is 342 g/mol. The van der Waals surface area contributed by atoms with Gasteiger partial charge in [0.1, 0.15) is 5.65 Å². The molecule has 7 heteroatoms. The smallest absolute Gasteiger partial charge is 0.315 e. The Hall–Kier alpha value is -3.79. The van der Waals surface area contributed by atoms with Crippen molar-refractivity contribution in [2.45, 2.75) is 6.54 Å². The van der Waals surface area contributed by atoms with Gasteiger partial charge < -0.3 is 20.9 Å². The molecule has 3 amide bonds. The standard InChI is InChI=1S/C20H19N5O2/c26-18(7-6-15-4-2-1-3-5-15)21-12-13-24-20(27)25-14-16-8-10-22-19-17(16)9-11-23-19/h1-5,8-11H,12-14H2,(H,21,26)(H,22,23)(H2,24,25,27). The van der Waals surface area contributed by atoms with Crippen molar-refractivity contribution in [3.63, 3.8) is 0 Å². The van der Waals surface area contributed by atoms with Crippen molar-refractivity contribution < 1.29 is 9.59 Å². The minimum Gasteiger partial charge on any atom is -0.346 e. The topological polar surface area (TPSA) is 98.9 Å². The summed E-state index contributed by atoms with van der Waals surface area (Å²) in [4.78, 5) is 30.7. The van der Waals surface area contributed by atoms with Crippen LogP contribution in [0.2, 0.25) is 0 Å². The number of aromatic nitrogens is 2. The zero-order valence-electron chi connectivity index (χ0n) is 14.6. The van der Waals surface area contributed by atoms with Gasteiger partial charge in [-0.1, -0.05) is 24.1 Å². The van der Waals surface area contributed by atoms with E-state index in [-0.39, 0.29) is 11.9 Å². The Kier molecular flexibility index (Phi) is 6.04. The number of fused-ring (bicyclic) bond motifs is 1. The molecule has 136 valence electrons. The molecule has 2 heterocycles. The van der Waals surface area contributed by atoms with E-state index >= 15 is 0 Å². The summed E-state index contributed by atoms with van der Waals surface area (Å²) < 4.78 is 0. The predicted molar refractivity (Wildman–Crippen MR) is 103 cm³/mol. The third-order valence-corrected chi connectivity index (χ3v) is 3.78. The van der Waals surface area contributed by atoms with Gasteiger partial charge in [0.2, 0.25) is 0 Å². The number of urea groups is 1. The number of H-pyrrole nitrogens is 1. The maximum Gasteiger partial charge on any atom is 0.315 e. The van der Waals surface area contributed by atoms with E-state index in [0.29, 0.717) is 19.6 Å². The Balaban J connectivity index is 1.36. The normalized spacial score (nSPS) is 9.93. The summed E-state index contributed by atoms with van der Waals surface area (Å²) in [6, 6.07) is 12.7. The first-order chi connectivity index (χ1) is 13.2. The van der Waals surface area contributed by atoms with Crippen LogP contribution in [-0.2, 0) is 11.3 Å². The summed E-state index contributed by atoms with van der Waals surface area (Å²) in [5, 5.41) is 9.08. The molecule has 3 aromatic rings. The van der Waals surface area contributed by atoms with Gasteiger partial charge in [0.05, 0.1) is 0 Å². The number of pyridine rings is 1. The molecule has 3 rings (SSSR count). The number of hydrogen-bond acceptors (Lipinski definition) is 3. The monoisotopic (exact) mass is 361 g/mol. The van der Waals surface area contributed by atoms with E-state index < -0.39 is 0 Å². The van der Waals surface area contributed by atoms with Crippen LogP contribution in [0.1, 0.15) is 11.1 Å². The highest BCUT2D eigenvalue weighted by Crippen LogP contribution is 2.14. The molecule has 4 N–H and O–H groups in total. The third kappa shape index (κ3) is 5.34. The molecule has 0 unspecified atom stereocenters. The Morgan fingerprint density at radius 2 is 1.81 bits per heavy atom. The number of rotatable bonds is 5. The van der Waals surface area contributed by atoms with Crippen molar-refractivity contribution in [1.29, 1.82) is 0 Å². The molecule has 0 saturated heterocycles. The quantitative estimate of drug-likeness (QED) is 0.410.